The lowest BCUT2D eigenvalue weighted by atomic mass is 10.1. The molecule has 1 N–H and O–H groups in total. The first-order valence-corrected chi connectivity index (χ1v) is 6.32. The lowest BCUT2D eigenvalue weighted by Gasteiger charge is -2.24. The van der Waals surface area contributed by atoms with E-state index in [1.54, 1.807) is 25.4 Å². The smallest absolute Gasteiger partial charge is 0.267 e. The third kappa shape index (κ3) is 2.42. The van der Waals surface area contributed by atoms with Crippen molar-refractivity contribution in [1.29, 1.82) is 0 Å². The molecule has 0 saturated heterocycles. The predicted octanol–water partition coefficient (Wildman–Crippen LogP) is 2.03. The second-order valence-corrected chi connectivity index (χ2v) is 4.50. The van der Waals surface area contributed by atoms with E-state index in [0.29, 0.717) is 18.0 Å². The Morgan fingerprint density at radius 3 is 2.85 bits per heavy atom. The largest absolute Gasteiger partial charge is 0.497 e. The van der Waals surface area contributed by atoms with E-state index in [0.717, 1.165) is 11.3 Å². The number of carbonyl (C=O) groups is 1. The van der Waals surface area contributed by atoms with Gasteiger partial charge >= 0.3 is 0 Å². The summed E-state index contributed by atoms with van der Waals surface area (Å²) in [6.07, 6.45) is 1.58. The maximum absolute atomic E-state index is 12.0. The van der Waals surface area contributed by atoms with Crippen molar-refractivity contribution in [2.75, 3.05) is 12.4 Å². The minimum atomic E-state index is -0.542. The molecule has 20 heavy (non-hydrogen) atoms. The normalized spacial score (nSPS) is 16.9. The number of amides is 1. The molecule has 0 bridgehead atoms. The Bertz CT molecular complexity index is 625. The van der Waals surface area contributed by atoms with Crippen LogP contribution in [0.2, 0.25) is 0 Å². The van der Waals surface area contributed by atoms with Crippen molar-refractivity contribution >= 4 is 11.7 Å². The van der Waals surface area contributed by atoms with E-state index in [-0.39, 0.29) is 5.91 Å². The van der Waals surface area contributed by atoms with E-state index < -0.39 is 6.10 Å². The highest BCUT2D eigenvalue weighted by Gasteiger charge is 2.28. The fraction of sp³-hybridized carbons (Fsp3) is 0.200. The molecule has 1 aliphatic rings. The minimum Gasteiger partial charge on any atom is -0.497 e. The van der Waals surface area contributed by atoms with E-state index in [2.05, 4.69) is 10.3 Å². The van der Waals surface area contributed by atoms with Crippen LogP contribution in [-0.2, 0) is 11.2 Å². The van der Waals surface area contributed by atoms with Crippen molar-refractivity contribution in [3.8, 4) is 11.5 Å². The number of methoxy groups -OCH3 is 1. The molecule has 0 saturated carbocycles. The number of anilines is 1. The van der Waals surface area contributed by atoms with Crippen molar-refractivity contribution < 1.29 is 14.3 Å². The molecule has 3 rings (SSSR count). The van der Waals surface area contributed by atoms with Gasteiger partial charge in [0.05, 0.1) is 7.11 Å². The Balaban J connectivity index is 1.76. The zero-order valence-corrected chi connectivity index (χ0v) is 11.0. The first kappa shape index (κ1) is 12.5. The van der Waals surface area contributed by atoms with Gasteiger partial charge in [-0.15, -0.1) is 0 Å². The van der Waals surface area contributed by atoms with Crippen molar-refractivity contribution in [3.05, 3.63) is 48.2 Å². The van der Waals surface area contributed by atoms with Crippen LogP contribution in [0.3, 0.4) is 0 Å². The number of hydrogen-bond donors (Lipinski definition) is 1. The summed E-state index contributed by atoms with van der Waals surface area (Å²) in [4.78, 5) is 16.0. The second kappa shape index (κ2) is 5.21. The van der Waals surface area contributed by atoms with E-state index in [1.807, 2.05) is 24.3 Å². The SMILES string of the molecule is COc1ccc(CC2Oc3cccnc3NC2=O)cc1. The molecule has 1 aliphatic heterocycles. The lowest BCUT2D eigenvalue weighted by Crippen LogP contribution is -2.38. The number of nitrogens with one attached hydrogen (secondary N) is 1. The summed E-state index contributed by atoms with van der Waals surface area (Å²) in [5, 5.41) is 2.75. The van der Waals surface area contributed by atoms with Crippen LogP contribution in [0.5, 0.6) is 11.5 Å². The number of carbonyl (C=O) groups excluding carboxylic acids is 1. The number of hydrogen-bond acceptors (Lipinski definition) is 4. The second-order valence-electron chi connectivity index (χ2n) is 4.50. The molecule has 0 fully saturated rings. The molecule has 2 heterocycles. The summed E-state index contributed by atoms with van der Waals surface area (Å²) < 4.78 is 10.8. The van der Waals surface area contributed by atoms with Crippen LogP contribution in [0.15, 0.2) is 42.6 Å². The number of nitrogens with zero attached hydrogens (tertiary/aromatic N) is 1. The van der Waals surface area contributed by atoms with Crippen LogP contribution in [0, 0.1) is 0 Å². The average molecular weight is 270 g/mol. The van der Waals surface area contributed by atoms with E-state index in [9.17, 15) is 4.79 Å². The quantitative estimate of drug-likeness (QED) is 0.927. The number of benzene rings is 1. The fourth-order valence-corrected chi connectivity index (χ4v) is 2.09. The Morgan fingerprint density at radius 2 is 2.10 bits per heavy atom. The van der Waals surface area contributed by atoms with Crippen LogP contribution >= 0.6 is 0 Å². The first-order chi connectivity index (χ1) is 9.76. The van der Waals surface area contributed by atoms with Crippen molar-refractivity contribution in [1.82, 2.24) is 4.98 Å². The third-order valence-electron chi connectivity index (χ3n) is 3.15. The van der Waals surface area contributed by atoms with Crippen LogP contribution in [0.25, 0.3) is 0 Å². The topological polar surface area (TPSA) is 60.5 Å². The monoisotopic (exact) mass is 270 g/mol. The molecule has 1 amide bonds. The van der Waals surface area contributed by atoms with Crippen LogP contribution < -0.4 is 14.8 Å². The van der Waals surface area contributed by atoms with Crippen LogP contribution in [0.4, 0.5) is 5.82 Å². The molecule has 5 nitrogen and oxygen atoms in total. The molecule has 5 heteroatoms. The van der Waals surface area contributed by atoms with Crippen LogP contribution in [-0.4, -0.2) is 24.1 Å². The minimum absolute atomic E-state index is 0.174. The highest BCUT2D eigenvalue weighted by molar-refractivity contribution is 5.96. The summed E-state index contributed by atoms with van der Waals surface area (Å²) in [6, 6.07) is 11.2. The summed E-state index contributed by atoms with van der Waals surface area (Å²) >= 11 is 0. The standard InChI is InChI=1S/C15H14N2O3/c1-19-11-6-4-10(5-7-11)9-13-15(18)17-14-12(20-13)3-2-8-16-14/h2-8,13H,9H2,1H3,(H,16,17,18). The van der Waals surface area contributed by atoms with Gasteiger partial charge in [0.2, 0.25) is 0 Å². The highest BCUT2D eigenvalue weighted by atomic mass is 16.5. The number of pyridine rings is 1. The van der Waals surface area contributed by atoms with Gasteiger partial charge < -0.3 is 14.8 Å². The number of fused-ring (bicyclic) bond motifs is 1. The van der Waals surface area contributed by atoms with Gasteiger partial charge in [-0.2, -0.15) is 0 Å². The zero-order valence-electron chi connectivity index (χ0n) is 11.0. The summed E-state index contributed by atoms with van der Waals surface area (Å²) in [7, 11) is 1.62. The molecule has 1 aromatic carbocycles. The van der Waals surface area contributed by atoms with Crippen molar-refractivity contribution in [3.63, 3.8) is 0 Å². The number of rotatable bonds is 3. The van der Waals surface area contributed by atoms with Gasteiger partial charge in [0.25, 0.3) is 5.91 Å². The Labute approximate surface area is 116 Å². The molecular formula is C15H14N2O3. The molecular weight excluding hydrogens is 256 g/mol. The van der Waals surface area contributed by atoms with Gasteiger partial charge in [-0.25, -0.2) is 4.98 Å². The molecule has 0 aliphatic carbocycles. The first-order valence-electron chi connectivity index (χ1n) is 6.32. The van der Waals surface area contributed by atoms with Gasteiger partial charge in [-0.1, -0.05) is 12.1 Å². The lowest BCUT2D eigenvalue weighted by molar-refractivity contribution is -0.123. The van der Waals surface area contributed by atoms with Gasteiger partial charge in [-0.05, 0) is 29.8 Å². The maximum atomic E-state index is 12.0. The molecule has 0 spiro atoms. The summed E-state index contributed by atoms with van der Waals surface area (Å²) in [5.74, 6) is 1.69. The zero-order chi connectivity index (χ0) is 13.9. The van der Waals surface area contributed by atoms with Gasteiger partial charge in [0.15, 0.2) is 17.7 Å². The van der Waals surface area contributed by atoms with E-state index in [4.69, 9.17) is 9.47 Å². The summed E-state index contributed by atoms with van der Waals surface area (Å²) in [6.45, 7) is 0. The van der Waals surface area contributed by atoms with Gasteiger partial charge in [-0.3, -0.25) is 4.79 Å². The predicted molar refractivity (Wildman–Crippen MR) is 74.0 cm³/mol. The Kier molecular flexibility index (Phi) is 3.25. The van der Waals surface area contributed by atoms with Gasteiger partial charge in [0, 0.05) is 12.6 Å². The average Bonchev–Trinajstić information content (AvgIpc) is 2.49. The Morgan fingerprint density at radius 1 is 1.30 bits per heavy atom. The Hall–Kier alpha value is -2.56. The maximum Gasteiger partial charge on any atom is 0.267 e. The van der Waals surface area contributed by atoms with E-state index >= 15 is 0 Å². The molecule has 1 atom stereocenters. The molecule has 102 valence electrons. The highest BCUT2D eigenvalue weighted by Crippen LogP contribution is 2.27. The number of aromatic nitrogens is 1. The molecule has 0 radical (unpaired) electrons. The van der Waals surface area contributed by atoms with Crippen molar-refractivity contribution in [2.24, 2.45) is 0 Å². The van der Waals surface area contributed by atoms with Crippen molar-refractivity contribution in [2.45, 2.75) is 12.5 Å². The molecule has 1 unspecified atom stereocenters. The van der Waals surface area contributed by atoms with Gasteiger partial charge in [0.1, 0.15) is 5.75 Å². The van der Waals surface area contributed by atoms with E-state index in [1.165, 1.54) is 0 Å². The van der Waals surface area contributed by atoms with Crippen LogP contribution in [0.1, 0.15) is 5.56 Å². The number of ether oxygens (including phenoxy) is 2. The third-order valence-corrected chi connectivity index (χ3v) is 3.15. The fourth-order valence-electron chi connectivity index (χ4n) is 2.09. The molecule has 1 aromatic heterocycles. The molecule has 2 aromatic rings. The summed E-state index contributed by atoms with van der Waals surface area (Å²) in [5.41, 5.74) is 1.01.